The molecule has 1 fully saturated rings. The third-order valence-corrected chi connectivity index (χ3v) is 11.0. The highest BCUT2D eigenvalue weighted by molar-refractivity contribution is 6.66. The molecule has 0 spiro atoms. The van der Waals surface area contributed by atoms with Gasteiger partial charge in [-0.3, -0.25) is 0 Å². The number of alkyl halides is 5. The Bertz CT molecular complexity index is 1040. The zero-order valence-corrected chi connectivity index (χ0v) is 21.3. The molecule has 0 amide bonds. The normalized spacial score (nSPS) is 35.5. The number of benzene rings is 2. The van der Waals surface area contributed by atoms with Crippen molar-refractivity contribution in [3.8, 4) is 0 Å². The fraction of sp³-hybridized carbons (Fsp3) is 0.391. The van der Waals surface area contributed by atoms with Crippen LogP contribution in [0.2, 0.25) is 0 Å². The molecule has 0 aliphatic heterocycles. The smallest absolute Gasteiger partial charge is 0.118 e. The molecule has 2 aromatic carbocycles. The standard InChI is InChI=1S/C13H14.C10H5Cl7/c1-2-6-11-8-5-9-12-7-3-4-10-13(11)12;11-4-2-1-3-5(4)9(15)7(13)6(12)8(3,14)10(9,16)17/h3-5,7-10H,2,6H2,1H3;1-5H. The Kier molecular flexibility index (Phi) is 6.40. The average Bonchev–Trinajstić information content (AvgIpc) is 3.22. The topological polar surface area (TPSA) is 0 Å². The van der Waals surface area contributed by atoms with Gasteiger partial charge in [0.2, 0.25) is 0 Å². The van der Waals surface area contributed by atoms with E-state index in [1.807, 2.05) is 12.2 Å². The van der Waals surface area contributed by atoms with Crippen LogP contribution in [-0.4, -0.2) is 19.5 Å². The lowest BCUT2D eigenvalue weighted by atomic mass is 9.84. The maximum atomic E-state index is 6.57. The van der Waals surface area contributed by atoms with Crippen molar-refractivity contribution in [3.63, 3.8) is 0 Å². The molecule has 0 aromatic heterocycles. The minimum Gasteiger partial charge on any atom is -0.118 e. The zero-order chi connectivity index (χ0) is 21.9. The van der Waals surface area contributed by atoms with Crippen molar-refractivity contribution in [2.45, 2.75) is 39.2 Å². The van der Waals surface area contributed by atoms with Crippen molar-refractivity contribution in [2.24, 2.45) is 11.8 Å². The van der Waals surface area contributed by atoms with Crippen LogP contribution in [0.5, 0.6) is 0 Å². The summed E-state index contributed by atoms with van der Waals surface area (Å²) in [6.45, 7) is 2.22. The number of rotatable bonds is 2. The molecule has 3 aliphatic rings. The Morgan fingerprint density at radius 3 is 2.17 bits per heavy atom. The van der Waals surface area contributed by atoms with Gasteiger partial charge in [-0.25, -0.2) is 0 Å². The van der Waals surface area contributed by atoms with Gasteiger partial charge in [0.15, 0.2) is 4.33 Å². The summed E-state index contributed by atoms with van der Waals surface area (Å²) in [6.07, 6.45) is 6.09. The van der Waals surface area contributed by atoms with E-state index in [9.17, 15) is 0 Å². The first kappa shape index (κ1) is 23.4. The molecule has 0 nitrogen and oxygen atoms in total. The van der Waals surface area contributed by atoms with Crippen LogP contribution < -0.4 is 0 Å². The van der Waals surface area contributed by atoms with E-state index in [1.54, 1.807) is 0 Å². The van der Waals surface area contributed by atoms with Crippen LogP contribution >= 0.6 is 81.2 Å². The highest BCUT2D eigenvalue weighted by Gasteiger charge is 2.83. The van der Waals surface area contributed by atoms with Gasteiger partial charge in [-0.1, -0.05) is 114 Å². The molecule has 30 heavy (non-hydrogen) atoms. The summed E-state index contributed by atoms with van der Waals surface area (Å²) in [5.41, 5.74) is 1.47. The summed E-state index contributed by atoms with van der Waals surface area (Å²) >= 11 is 44.5. The highest BCUT2D eigenvalue weighted by atomic mass is 35.5. The second-order valence-electron chi connectivity index (χ2n) is 7.90. The summed E-state index contributed by atoms with van der Waals surface area (Å²) < 4.78 is -1.48. The summed E-state index contributed by atoms with van der Waals surface area (Å²) in [5.74, 6) is -0.470. The van der Waals surface area contributed by atoms with Gasteiger partial charge in [0.25, 0.3) is 0 Å². The zero-order valence-electron chi connectivity index (χ0n) is 16.0. The van der Waals surface area contributed by atoms with Crippen LogP contribution in [0.4, 0.5) is 0 Å². The van der Waals surface area contributed by atoms with Gasteiger partial charge in [0.05, 0.1) is 15.4 Å². The maximum Gasteiger partial charge on any atom is 0.167 e. The number of halogens is 7. The van der Waals surface area contributed by atoms with E-state index >= 15 is 0 Å². The van der Waals surface area contributed by atoms with E-state index in [1.165, 1.54) is 29.2 Å². The second-order valence-corrected chi connectivity index (χ2v) is 11.7. The number of allylic oxidation sites excluding steroid dienone is 4. The van der Waals surface area contributed by atoms with Gasteiger partial charge >= 0.3 is 0 Å². The third-order valence-electron chi connectivity index (χ3n) is 6.30. The summed E-state index contributed by atoms with van der Waals surface area (Å²) in [5, 5.41) is 2.88. The van der Waals surface area contributed by atoms with Crippen molar-refractivity contribution in [1.82, 2.24) is 0 Å². The quantitative estimate of drug-likeness (QED) is 0.262. The maximum absolute atomic E-state index is 6.57. The van der Waals surface area contributed by atoms with E-state index < -0.39 is 14.1 Å². The molecule has 5 unspecified atom stereocenters. The van der Waals surface area contributed by atoms with E-state index in [4.69, 9.17) is 81.2 Å². The lowest BCUT2D eigenvalue weighted by Crippen LogP contribution is -2.45. The molecular formula is C23H19Cl7. The van der Waals surface area contributed by atoms with E-state index in [0.717, 1.165) is 0 Å². The largest absolute Gasteiger partial charge is 0.167 e. The predicted molar refractivity (Wildman–Crippen MR) is 134 cm³/mol. The predicted octanol–water partition coefficient (Wildman–Crippen LogP) is 9.03. The van der Waals surface area contributed by atoms with Gasteiger partial charge in [0.1, 0.15) is 9.75 Å². The van der Waals surface area contributed by atoms with Crippen LogP contribution in [0.25, 0.3) is 10.8 Å². The monoisotopic (exact) mass is 540 g/mol. The Balaban J connectivity index is 0.000000151. The molecule has 2 bridgehead atoms. The molecule has 7 heteroatoms. The molecular weight excluding hydrogens is 524 g/mol. The lowest BCUT2D eigenvalue weighted by Gasteiger charge is -2.34. The molecule has 160 valence electrons. The van der Waals surface area contributed by atoms with Crippen molar-refractivity contribution in [1.29, 1.82) is 0 Å². The Morgan fingerprint density at radius 1 is 0.833 bits per heavy atom. The summed E-state index contributed by atoms with van der Waals surface area (Å²) in [4.78, 5) is -2.45. The van der Waals surface area contributed by atoms with Crippen molar-refractivity contribution < 1.29 is 0 Å². The summed E-state index contributed by atoms with van der Waals surface area (Å²) in [6, 6.07) is 15.1. The first-order valence-electron chi connectivity index (χ1n) is 9.73. The molecule has 5 rings (SSSR count). The number of fused-ring (bicyclic) bond motifs is 6. The molecule has 0 N–H and O–H groups in total. The molecule has 0 saturated heterocycles. The number of aryl methyl sites for hydroxylation is 1. The fourth-order valence-corrected chi connectivity index (χ4v) is 8.38. The van der Waals surface area contributed by atoms with Crippen molar-refractivity contribution in [3.05, 3.63) is 70.2 Å². The molecule has 5 atom stereocenters. The van der Waals surface area contributed by atoms with Gasteiger partial charge in [-0.2, -0.15) is 0 Å². The average molecular weight is 544 g/mol. The third kappa shape index (κ3) is 3.02. The highest BCUT2D eigenvalue weighted by Crippen LogP contribution is 2.78. The Hall–Kier alpha value is 0.210. The minimum absolute atomic E-state index is 0.205. The summed E-state index contributed by atoms with van der Waals surface area (Å²) in [7, 11) is 0. The first-order chi connectivity index (χ1) is 14.1. The fourth-order valence-electron chi connectivity index (χ4n) is 4.86. The van der Waals surface area contributed by atoms with Crippen LogP contribution in [0, 0.1) is 11.8 Å². The van der Waals surface area contributed by atoms with E-state index in [0.29, 0.717) is 0 Å². The van der Waals surface area contributed by atoms with E-state index in [-0.39, 0.29) is 27.3 Å². The first-order valence-corrected chi connectivity index (χ1v) is 12.4. The van der Waals surface area contributed by atoms with Crippen LogP contribution in [0.1, 0.15) is 18.9 Å². The SMILES string of the molecule is CCCc1cccc2ccccc12.ClC1=C(Cl)C2(Cl)C3C(Cl)C=CC3C1(Cl)C2(Cl)Cl. The molecule has 0 radical (unpaired) electrons. The van der Waals surface area contributed by atoms with Crippen LogP contribution in [0.15, 0.2) is 64.7 Å². The molecule has 1 saturated carbocycles. The van der Waals surface area contributed by atoms with Gasteiger partial charge < -0.3 is 0 Å². The molecule has 2 aromatic rings. The van der Waals surface area contributed by atoms with Crippen molar-refractivity contribution in [2.75, 3.05) is 0 Å². The second kappa shape index (κ2) is 8.21. The van der Waals surface area contributed by atoms with Gasteiger partial charge in [0, 0.05) is 11.8 Å². The van der Waals surface area contributed by atoms with Gasteiger partial charge in [-0.05, 0) is 22.8 Å². The molecule has 3 aliphatic carbocycles. The van der Waals surface area contributed by atoms with E-state index in [2.05, 4.69) is 49.4 Å². The number of hydrogen-bond acceptors (Lipinski definition) is 0. The minimum atomic E-state index is -1.48. The van der Waals surface area contributed by atoms with Crippen LogP contribution in [0.3, 0.4) is 0 Å². The van der Waals surface area contributed by atoms with Crippen LogP contribution in [-0.2, 0) is 6.42 Å². The van der Waals surface area contributed by atoms with Gasteiger partial charge in [-0.15, -0.1) is 34.8 Å². The Morgan fingerprint density at radius 2 is 1.47 bits per heavy atom. The molecule has 0 heterocycles. The Labute approximate surface area is 212 Å². The number of hydrogen-bond donors (Lipinski definition) is 0. The lowest BCUT2D eigenvalue weighted by molar-refractivity contribution is 0.420. The van der Waals surface area contributed by atoms with Crippen molar-refractivity contribution >= 4 is 92.0 Å².